The van der Waals surface area contributed by atoms with Crippen molar-refractivity contribution >= 4 is 43.5 Å². The Morgan fingerprint density at radius 2 is 2.11 bits per heavy atom. The molecule has 1 aromatic carbocycles. The van der Waals surface area contributed by atoms with Crippen LogP contribution in [-0.2, 0) is 14.8 Å². The number of benzene rings is 1. The maximum Gasteiger partial charge on any atom is 0.318 e. The molecule has 0 unspecified atom stereocenters. The first-order chi connectivity index (χ1) is 8.78. The molecule has 0 aliphatic rings. The van der Waals surface area contributed by atoms with E-state index in [2.05, 4.69) is 15.9 Å². The molecule has 0 saturated heterocycles. The van der Waals surface area contributed by atoms with Crippen LogP contribution < -0.4 is 0 Å². The summed E-state index contributed by atoms with van der Waals surface area (Å²) in [5.41, 5.74) is 0. The van der Waals surface area contributed by atoms with Gasteiger partial charge in [-0.1, -0.05) is 34.5 Å². The minimum atomic E-state index is -3.91. The summed E-state index contributed by atoms with van der Waals surface area (Å²) in [4.78, 5) is 10.7. The van der Waals surface area contributed by atoms with Crippen LogP contribution in [-0.4, -0.2) is 36.9 Å². The number of halogens is 2. The van der Waals surface area contributed by atoms with Gasteiger partial charge in [0.1, 0.15) is 11.4 Å². The standard InChI is InChI=1S/C11H13BrClNO4S/c1-2-5-14(7-11(15)16)19(17,18)10-4-3-8(12)6-9(10)13/h3-4,6H,2,5,7H2,1H3,(H,15,16). The lowest BCUT2D eigenvalue weighted by Gasteiger charge is -2.20. The molecule has 1 rings (SSSR count). The van der Waals surface area contributed by atoms with Crippen molar-refractivity contribution in [2.24, 2.45) is 0 Å². The molecule has 0 amide bonds. The van der Waals surface area contributed by atoms with E-state index in [1.807, 2.05) is 0 Å². The fourth-order valence-corrected chi connectivity index (χ4v) is 4.00. The van der Waals surface area contributed by atoms with E-state index < -0.39 is 22.5 Å². The maximum atomic E-state index is 12.4. The number of rotatable bonds is 6. The highest BCUT2D eigenvalue weighted by Gasteiger charge is 2.27. The summed E-state index contributed by atoms with van der Waals surface area (Å²) in [5.74, 6) is -1.20. The van der Waals surface area contributed by atoms with E-state index in [-0.39, 0.29) is 16.5 Å². The molecular weight excluding hydrogens is 358 g/mol. The molecular formula is C11H13BrClNO4S. The van der Waals surface area contributed by atoms with Gasteiger partial charge < -0.3 is 5.11 Å². The number of hydrogen-bond donors (Lipinski definition) is 1. The molecule has 0 fully saturated rings. The highest BCUT2D eigenvalue weighted by molar-refractivity contribution is 9.10. The average molecular weight is 371 g/mol. The number of carboxylic acid groups (broad SMARTS) is 1. The largest absolute Gasteiger partial charge is 0.480 e. The molecule has 5 nitrogen and oxygen atoms in total. The van der Waals surface area contributed by atoms with Crippen molar-refractivity contribution in [3.63, 3.8) is 0 Å². The lowest BCUT2D eigenvalue weighted by atomic mass is 10.4. The van der Waals surface area contributed by atoms with Crippen molar-refractivity contribution in [2.75, 3.05) is 13.1 Å². The van der Waals surface area contributed by atoms with Gasteiger partial charge in [0.2, 0.25) is 10.0 Å². The molecule has 106 valence electrons. The third-order valence-corrected chi connectivity index (χ3v) is 5.12. The third-order valence-electron chi connectivity index (χ3n) is 2.30. The lowest BCUT2D eigenvalue weighted by molar-refractivity contribution is -0.137. The second-order valence-electron chi connectivity index (χ2n) is 3.81. The summed E-state index contributed by atoms with van der Waals surface area (Å²) < 4.78 is 26.3. The summed E-state index contributed by atoms with van der Waals surface area (Å²) in [7, 11) is -3.91. The van der Waals surface area contributed by atoms with E-state index in [1.54, 1.807) is 13.0 Å². The van der Waals surface area contributed by atoms with Crippen LogP contribution in [0.4, 0.5) is 0 Å². The fourth-order valence-electron chi connectivity index (χ4n) is 1.51. The number of carboxylic acids is 1. The Hall–Kier alpha value is -0.630. The van der Waals surface area contributed by atoms with Gasteiger partial charge in [-0.05, 0) is 24.6 Å². The van der Waals surface area contributed by atoms with Gasteiger partial charge in [0.25, 0.3) is 0 Å². The normalized spacial score (nSPS) is 11.8. The predicted molar refractivity (Wildman–Crippen MR) is 75.8 cm³/mol. The van der Waals surface area contributed by atoms with E-state index in [1.165, 1.54) is 12.1 Å². The van der Waals surface area contributed by atoms with E-state index in [4.69, 9.17) is 16.7 Å². The van der Waals surface area contributed by atoms with Crippen molar-refractivity contribution in [3.05, 3.63) is 27.7 Å². The third kappa shape index (κ3) is 4.17. The van der Waals surface area contributed by atoms with E-state index in [9.17, 15) is 13.2 Å². The van der Waals surface area contributed by atoms with E-state index in [0.717, 1.165) is 4.31 Å². The van der Waals surface area contributed by atoms with E-state index >= 15 is 0 Å². The Morgan fingerprint density at radius 1 is 1.47 bits per heavy atom. The molecule has 1 N–H and O–H groups in total. The van der Waals surface area contributed by atoms with Gasteiger partial charge in [-0.3, -0.25) is 4.79 Å². The molecule has 1 aromatic rings. The number of hydrogen-bond acceptors (Lipinski definition) is 3. The van der Waals surface area contributed by atoms with Crippen molar-refractivity contribution in [1.82, 2.24) is 4.31 Å². The van der Waals surface area contributed by atoms with Gasteiger partial charge >= 0.3 is 5.97 Å². The zero-order valence-corrected chi connectivity index (χ0v) is 13.3. The SMILES string of the molecule is CCCN(CC(=O)O)S(=O)(=O)c1ccc(Br)cc1Cl. The summed E-state index contributed by atoms with van der Waals surface area (Å²) in [5, 5.41) is 8.84. The first kappa shape index (κ1) is 16.4. The first-order valence-corrected chi connectivity index (χ1v) is 8.07. The fraction of sp³-hybridized carbons (Fsp3) is 0.364. The highest BCUT2D eigenvalue weighted by Crippen LogP contribution is 2.27. The highest BCUT2D eigenvalue weighted by atomic mass is 79.9. The molecule has 8 heteroatoms. The minimum Gasteiger partial charge on any atom is -0.480 e. The van der Waals surface area contributed by atoms with Gasteiger partial charge in [0.05, 0.1) is 5.02 Å². The zero-order chi connectivity index (χ0) is 14.6. The topological polar surface area (TPSA) is 74.7 Å². The Balaban J connectivity index is 3.22. The number of aliphatic carboxylic acids is 1. The molecule has 0 radical (unpaired) electrons. The average Bonchev–Trinajstić information content (AvgIpc) is 2.27. The van der Waals surface area contributed by atoms with Crippen molar-refractivity contribution in [1.29, 1.82) is 0 Å². The Kier molecular flexibility index (Phi) is 5.79. The Morgan fingerprint density at radius 3 is 2.58 bits per heavy atom. The molecule has 0 bridgehead atoms. The molecule has 0 atom stereocenters. The van der Waals surface area contributed by atoms with Gasteiger partial charge in [0, 0.05) is 11.0 Å². The van der Waals surface area contributed by atoms with Gasteiger partial charge in [0.15, 0.2) is 0 Å². The Labute approximate surface area is 125 Å². The van der Waals surface area contributed by atoms with E-state index in [0.29, 0.717) is 10.9 Å². The maximum absolute atomic E-state index is 12.4. The molecule has 0 spiro atoms. The second-order valence-corrected chi connectivity index (χ2v) is 7.04. The van der Waals surface area contributed by atoms with Crippen molar-refractivity contribution in [2.45, 2.75) is 18.2 Å². The molecule has 0 aromatic heterocycles. The van der Waals surface area contributed by atoms with Gasteiger partial charge in [-0.15, -0.1) is 0 Å². The van der Waals surface area contributed by atoms with Crippen LogP contribution in [0.5, 0.6) is 0 Å². The molecule has 19 heavy (non-hydrogen) atoms. The van der Waals surface area contributed by atoms with Gasteiger partial charge in [-0.25, -0.2) is 8.42 Å². The van der Waals surface area contributed by atoms with Crippen LogP contribution in [0.3, 0.4) is 0 Å². The monoisotopic (exact) mass is 369 g/mol. The number of sulfonamides is 1. The van der Waals surface area contributed by atoms with Crippen LogP contribution in [0.25, 0.3) is 0 Å². The Bertz CT molecular complexity index is 576. The predicted octanol–water partition coefficient (Wildman–Crippen LogP) is 2.59. The summed E-state index contributed by atoms with van der Waals surface area (Å²) >= 11 is 9.10. The number of nitrogens with zero attached hydrogens (tertiary/aromatic N) is 1. The molecule has 0 aliphatic carbocycles. The first-order valence-electron chi connectivity index (χ1n) is 5.46. The summed E-state index contributed by atoms with van der Waals surface area (Å²) in [6, 6.07) is 4.36. The summed E-state index contributed by atoms with van der Waals surface area (Å²) in [6.45, 7) is 1.32. The molecule has 0 aliphatic heterocycles. The van der Waals surface area contributed by atoms with Crippen LogP contribution in [0.2, 0.25) is 5.02 Å². The summed E-state index contributed by atoms with van der Waals surface area (Å²) in [6.07, 6.45) is 0.515. The second kappa shape index (κ2) is 6.69. The van der Waals surface area contributed by atoms with Crippen molar-refractivity contribution < 1.29 is 18.3 Å². The smallest absolute Gasteiger partial charge is 0.318 e. The minimum absolute atomic E-state index is 0.0564. The van der Waals surface area contributed by atoms with Crippen molar-refractivity contribution in [3.8, 4) is 0 Å². The number of carbonyl (C=O) groups is 1. The van der Waals surface area contributed by atoms with Crippen LogP contribution >= 0.6 is 27.5 Å². The molecule has 0 heterocycles. The quantitative estimate of drug-likeness (QED) is 0.835. The zero-order valence-electron chi connectivity index (χ0n) is 10.1. The van der Waals surface area contributed by atoms with Crippen LogP contribution in [0.15, 0.2) is 27.6 Å². The molecule has 0 saturated carbocycles. The lowest BCUT2D eigenvalue weighted by Crippen LogP contribution is -2.36. The van der Waals surface area contributed by atoms with Crippen LogP contribution in [0.1, 0.15) is 13.3 Å². The van der Waals surface area contributed by atoms with Gasteiger partial charge in [-0.2, -0.15) is 4.31 Å². The van der Waals surface area contributed by atoms with Crippen LogP contribution in [0, 0.1) is 0 Å².